The van der Waals surface area contributed by atoms with Gasteiger partial charge in [0, 0.05) is 18.0 Å². The Hall–Kier alpha value is -3.93. The smallest absolute Gasteiger partial charge is 0.280 e. The van der Waals surface area contributed by atoms with E-state index in [0.29, 0.717) is 28.9 Å². The van der Waals surface area contributed by atoms with Crippen LogP contribution in [0.4, 0.5) is 0 Å². The van der Waals surface area contributed by atoms with Gasteiger partial charge in [0.25, 0.3) is 5.56 Å². The molecule has 1 amide bonds. The molecule has 2 aromatic heterocycles. The Morgan fingerprint density at radius 3 is 2.54 bits per heavy atom. The molecule has 2 aromatic carbocycles. The second-order valence-electron chi connectivity index (χ2n) is 6.41. The predicted octanol–water partition coefficient (Wildman–Crippen LogP) is 2.92. The standard InChI is InChI=1S/C22H18N4O2/c23-21(27)18-10-9-17(13-16(18)12-15-6-2-1-3-7-15)26-22(28)19(14-25-26)20-8-4-5-11-24-20/h1-11,13-14,25H,12H2,(H2,23,27). The van der Waals surface area contributed by atoms with Gasteiger partial charge in [0.05, 0.1) is 16.9 Å². The summed E-state index contributed by atoms with van der Waals surface area (Å²) in [5.74, 6) is -0.495. The maximum absolute atomic E-state index is 12.9. The molecule has 6 nitrogen and oxygen atoms in total. The van der Waals surface area contributed by atoms with Gasteiger partial charge in [-0.05, 0) is 47.9 Å². The molecule has 0 aliphatic heterocycles. The summed E-state index contributed by atoms with van der Waals surface area (Å²) < 4.78 is 1.43. The van der Waals surface area contributed by atoms with Crippen LogP contribution in [0.2, 0.25) is 0 Å². The summed E-state index contributed by atoms with van der Waals surface area (Å²) in [6.45, 7) is 0. The van der Waals surface area contributed by atoms with E-state index in [1.54, 1.807) is 36.7 Å². The lowest BCUT2D eigenvalue weighted by Crippen LogP contribution is -2.18. The number of aromatic amines is 1. The molecule has 0 radical (unpaired) electrons. The molecule has 138 valence electrons. The second-order valence-corrected chi connectivity index (χ2v) is 6.41. The highest BCUT2D eigenvalue weighted by Crippen LogP contribution is 2.19. The zero-order chi connectivity index (χ0) is 19.5. The number of amides is 1. The fourth-order valence-corrected chi connectivity index (χ4v) is 3.19. The Balaban J connectivity index is 1.77. The van der Waals surface area contributed by atoms with Crippen LogP contribution in [-0.4, -0.2) is 20.7 Å². The molecule has 0 bridgehead atoms. The van der Waals surface area contributed by atoms with Gasteiger partial charge < -0.3 is 5.73 Å². The summed E-state index contributed by atoms with van der Waals surface area (Å²) in [6.07, 6.45) is 3.81. The molecule has 3 N–H and O–H groups in total. The van der Waals surface area contributed by atoms with E-state index in [1.165, 1.54) is 4.68 Å². The van der Waals surface area contributed by atoms with Gasteiger partial charge in [-0.25, -0.2) is 4.68 Å². The molecular formula is C22H18N4O2. The summed E-state index contributed by atoms with van der Waals surface area (Å²) in [6, 6.07) is 20.4. The van der Waals surface area contributed by atoms with Crippen molar-refractivity contribution in [2.75, 3.05) is 0 Å². The molecule has 0 spiro atoms. The maximum atomic E-state index is 12.9. The SMILES string of the molecule is NC(=O)c1ccc(-n2[nH]cc(-c3ccccn3)c2=O)cc1Cc1ccccc1. The molecule has 0 aliphatic carbocycles. The monoisotopic (exact) mass is 370 g/mol. The van der Waals surface area contributed by atoms with Crippen molar-refractivity contribution in [2.24, 2.45) is 5.73 Å². The van der Waals surface area contributed by atoms with Crippen LogP contribution in [0.3, 0.4) is 0 Å². The van der Waals surface area contributed by atoms with Crippen LogP contribution in [0.1, 0.15) is 21.5 Å². The molecule has 6 heteroatoms. The highest BCUT2D eigenvalue weighted by molar-refractivity contribution is 5.94. The number of hydrogen-bond donors (Lipinski definition) is 2. The van der Waals surface area contributed by atoms with Crippen LogP contribution < -0.4 is 11.3 Å². The van der Waals surface area contributed by atoms with Gasteiger partial charge in [-0.3, -0.25) is 19.7 Å². The van der Waals surface area contributed by atoms with Gasteiger partial charge in [0.1, 0.15) is 0 Å². The number of nitrogens with zero attached hydrogens (tertiary/aromatic N) is 2. The third-order valence-electron chi connectivity index (χ3n) is 4.56. The number of pyridine rings is 1. The molecule has 0 atom stereocenters. The first-order valence-corrected chi connectivity index (χ1v) is 8.82. The highest BCUT2D eigenvalue weighted by Gasteiger charge is 2.14. The minimum atomic E-state index is -0.495. The topological polar surface area (TPSA) is 93.8 Å². The Labute approximate surface area is 161 Å². The van der Waals surface area contributed by atoms with Gasteiger partial charge >= 0.3 is 0 Å². The maximum Gasteiger partial charge on any atom is 0.280 e. The molecular weight excluding hydrogens is 352 g/mol. The third-order valence-corrected chi connectivity index (χ3v) is 4.56. The highest BCUT2D eigenvalue weighted by atomic mass is 16.1. The van der Waals surface area contributed by atoms with E-state index in [9.17, 15) is 9.59 Å². The van der Waals surface area contributed by atoms with E-state index in [1.807, 2.05) is 42.5 Å². The average Bonchev–Trinajstić information content (AvgIpc) is 3.10. The van der Waals surface area contributed by atoms with Crippen molar-refractivity contribution in [3.05, 3.63) is 106 Å². The number of aromatic nitrogens is 3. The van der Waals surface area contributed by atoms with Gasteiger partial charge in [0.15, 0.2) is 0 Å². The third kappa shape index (κ3) is 3.35. The minimum Gasteiger partial charge on any atom is -0.366 e. The number of carbonyl (C=O) groups is 1. The summed E-state index contributed by atoms with van der Waals surface area (Å²) in [5, 5.41) is 2.98. The molecule has 0 unspecified atom stereocenters. The van der Waals surface area contributed by atoms with Crippen LogP contribution in [-0.2, 0) is 6.42 Å². The first kappa shape index (κ1) is 17.5. The first-order valence-electron chi connectivity index (χ1n) is 8.82. The van der Waals surface area contributed by atoms with Gasteiger partial charge in [-0.2, -0.15) is 0 Å². The number of benzene rings is 2. The van der Waals surface area contributed by atoms with Crippen molar-refractivity contribution in [1.82, 2.24) is 14.8 Å². The normalized spacial score (nSPS) is 10.7. The second kappa shape index (κ2) is 7.36. The molecule has 0 saturated heterocycles. The van der Waals surface area contributed by atoms with Crippen molar-refractivity contribution in [3.8, 4) is 16.9 Å². The van der Waals surface area contributed by atoms with Crippen molar-refractivity contribution in [1.29, 1.82) is 0 Å². The van der Waals surface area contributed by atoms with Crippen LogP contribution in [0, 0.1) is 0 Å². The minimum absolute atomic E-state index is 0.212. The zero-order valence-corrected chi connectivity index (χ0v) is 15.0. The van der Waals surface area contributed by atoms with E-state index in [-0.39, 0.29) is 5.56 Å². The fourth-order valence-electron chi connectivity index (χ4n) is 3.19. The Kier molecular flexibility index (Phi) is 4.60. The van der Waals surface area contributed by atoms with Crippen molar-refractivity contribution in [3.63, 3.8) is 0 Å². The van der Waals surface area contributed by atoms with Crippen LogP contribution in [0.5, 0.6) is 0 Å². The van der Waals surface area contributed by atoms with Crippen molar-refractivity contribution < 1.29 is 4.79 Å². The van der Waals surface area contributed by atoms with Gasteiger partial charge in [-0.1, -0.05) is 36.4 Å². The number of nitrogens with one attached hydrogen (secondary N) is 1. The van der Waals surface area contributed by atoms with Crippen LogP contribution in [0.25, 0.3) is 16.9 Å². The molecule has 0 saturated carbocycles. The fraction of sp³-hybridized carbons (Fsp3) is 0.0455. The number of carbonyl (C=O) groups excluding carboxylic acids is 1. The lowest BCUT2D eigenvalue weighted by atomic mass is 9.98. The van der Waals surface area contributed by atoms with Gasteiger partial charge in [-0.15, -0.1) is 0 Å². The quantitative estimate of drug-likeness (QED) is 0.566. The summed E-state index contributed by atoms with van der Waals surface area (Å²) in [5.41, 5.74) is 9.29. The number of primary amides is 1. The predicted molar refractivity (Wildman–Crippen MR) is 107 cm³/mol. The molecule has 4 aromatic rings. The van der Waals surface area contributed by atoms with E-state index >= 15 is 0 Å². The lowest BCUT2D eigenvalue weighted by Gasteiger charge is -2.10. The molecule has 28 heavy (non-hydrogen) atoms. The number of hydrogen-bond acceptors (Lipinski definition) is 3. The molecule has 4 rings (SSSR count). The van der Waals surface area contributed by atoms with E-state index < -0.39 is 5.91 Å². The summed E-state index contributed by atoms with van der Waals surface area (Å²) >= 11 is 0. The number of H-pyrrole nitrogens is 1. The van der Waals surface area contributed by atoms with E-state index in [2.05, 4.69) is 10.1 Å². The Bertz CT molecular complexity index is 1180. The Morgan fingerprint density at radius 1 is 1.04 bits per heavy atom. The Morgan fingerprint density at radius 2 is 1.82 bits per heavy atom. The van der Waals surface area contributed by atoms with Crippen molar-refractivity contribution in [2.45, 2.75) is 6.42 Å². The zero-order valence-electron chi connectivity index (χ0n) is 15.0. The lowest BCUT2D eigenvalue weighted by molar-refractivity contribution is 0.0999. The molecule has 2 heterocycles. The van der Waals surface area contributed by atoms with Crippen LogP contribution in [0.15, 0.2) is 83.9 Å². The van der Waals surface area contributed by atoms with Gasteiger partial charge in [0.2, 0.25) is 5.91 Å². The molecule has 0 aliphatic rings. The van der Waals surface area contributed by atoms with E-state index in [0.717, 1.165) is 11.1 Å². The largest absolute Gasteiger partial charge is 0.366 e. The summed E-state index contributed by atoms with van der Waals surface area (Å²) in [7, 11) is 0. The first-order chi connectivity index (χ1) is 13.6. The molecule has 0 fully saturated rings. The number of nitrogens with two attached hydrogens (primary N) is 1. The van der Waals surface area contributed by atoms with Crippen LogP contribution >= 0.6 is 0 Å². The summed E-state index contributed by atoms with van der Waals surface area (Å²) in [4.78, 5) is 28.9. The van der Waals surface area contributed by atoms with E-state index in [4.69, 9.17) is 5.73 Å². The average molecular weight is 370 g/mol. The number of rotatable bonds is 5. The van der Waals surface area contributed by atoms with Crippen molar-refractivity contribution >= 4 is 5.91 Å².